The largest absolute Gasteiger partial charge is 0.342 e. The van der Waals surface area contributed by atoms with Crippen molar-refractivity contribution in [2.24, 2.45) is 5.41 Å². The van der Waals surface area contributed by atoms with Crippen molar-refractivity contribution in [2.45, 2.75) is 72.1 Å². The van der Waals surface area contributed by atoms with Crippen LogP contribution in [0.15, 0.2) is 18.2 Å². The van der Waals surface area contributed by atoms with E-state index < -0.39 is 9.04 Å². The Kier molecular flexibility index (Phi) is 5.76. The number of unbranched alkanes of at least 4 members (excludes halogenated alkanes) is 1. The highest BCUT2D eigenvalue weighted by atomic mass is 35.5. The van der Waals surface area contributed by atoms with Gasteiger partial charge in [0.25, 0.3) is 0 Å². The monoisotopic (exact) mass is 338 g/mol. The first-order chi connectivity index (χ1) is 10.3. The van der Waals surface area contributed by atoms with E-state index in [1.54, 1.807) is 0 Å². The van der Waals surface area contributed by atoms with Crippen molar-refractivity contribution >= 4 is 20.6 Å². The summed E-state index contributed by atoms with van der Waals surface area (Å²) in [6.45, 7) is 13.5. The molecule has 0 amide bonds. The number of nitrogens with zero attached hydrogens (tertiary/aromatic N) is 1. The lowest BCUT2D eigenvalue weighted by molar-refractivity contribution is -0.153. The van der Waals surface area contributed by atoms with Gasteiger partial charge in [-0.1, -0.05) is 64.3 Å². The van der Waals surface area contributed by atoms with E-state index in [-0.39, 0.29) is 17.5 Å². The molecule has 1 heterocycles. The van der Waals surface area contributed by atoms with Gasteiger partial charge in [-0.15, -0.1) is 0 Å². The zero-order valence-electron chi connectivity index (χ0n) is 14.7. The third-order valence-corrected chi connectivity index (χ3v) is 5.12. The second kappa shape index (κ2) is 7.04. The van der Waals surface area contributed by atoms with Gasteiger partial charge in [-0.2, -0.15) is 5.06 Å². The van der Waals surface area contributed by atoms with Crippen LogP contribution >= 0.6 is 11.6 Å². The first-order valence-electron chi connectivity index (χ1n) is 8.32. The number of hydrogen-bond acceptors (Lipinski definition) is 2. The highest BCUT2D eigenvalue weighted by molar-refractivity contribution is 6.48. The Labute approximate surface area is 142 Å². The predicted octanol–water partition coefficient (Wildman–Crippen LogP) is 6.16. The molecule has 2 rings (SSSR count). The van der Waals surface area contributed by atoms with Crippen molar-refractivity contribution in [3.8, 4) is 0 Å². The highest BCUT2D eigenvalue weighted by Gasteiger charge is 2.45. The van der Waals surface area contributed by atoms with Crippen LogP contribution in [0.3, 0.4) is 0 Å². The van der Waals surface area contributed by atoms with Gasteiger partial charge in [-0.05, 0) is 42.1 Å². The molecule has 2 unspecified atom stereocenters. The summed E-state index contributed by atoms with van der Waals surface area (Å²) in [6.07, 6.45) is 3.50. The molecule has 0 saturated heterocycles. The molecule has 0 spiro atoms. The summed E-state index contributed by atoms with van der Waals surface area (Å²) < 4.78 is 6.37. The van der Waals surface area contributed by atoms with Crippen molar-refractivity contribution in [1.29, 1.82) is 0 Å². The zero-order valence-corrected chi connectivity index (χ0v) is 16.5. The molecule has 2 atom stereocenters. The van der Waals surface area contributed by atoms with Crippen LogP contribution in [0.1, 0.15) is 70.2 Å². The molecule has 1 aromatic rings. The summed E-state index contributed by atoms with van der Waals surface area (Å²) >= 11 is 6.59. The van der Waals surface area contributed by atoms with Crippen LogP contribution in [0.25, 0.3) is 0 Å². The molecule has 0 fully saturated rings. The van der Waals surface area contributed by atoms with Gasteiger partial charge in [0, 0.05) is 5.02 Å². The molecular weight excluding hydrogens is 310 g/mol. The van der Waals surface area contributed by atoms with Crippen LogP contribution < -0.4 is 0 Å². The van der Waals surface area contributed by atoms with E-state index in [9.17, 15) is 0 Å². The maximum Gasteiger partial charge on any atom is 0.235 e. The maximum absolute atomic E-state index is 6.59. The fraction of sp³-hybridized carbons (Fsp3) is 0.667. The van der Waals surface area contributed by atoms with Gasteiger partial charge >= 0.3 is 0 Å². The number of fused-ring (bicyclic) bond motifs is 1. The van der Waals surface area contributed by atoms with Crippen molar-refractivity contribution in [3.63, 3.8) is 0 Å². The number of hydroxylamine groups is 2. The van der Waals surface area contributed by atoms with Crippen LogP contribution in [-0.4, -0.2) is 14.1 Å². The van der Waals surface area contributed by atoms with Gasteiger partial charge in [0.1, 0.15) is 0 Å². The van der Waals surface area contributed by atoms with Crippen molar-refractivity contribution < 1.29 is 4.53 Å². The minimum atomic E-state index is -0.813. The zero-order chi connectivity index (χ0) is 16.5. The van der Waals surface area contributed by atoms with E-state index in [0.717, 1.165) is 11.4 Å². The fourth-order valence-corrected chi connectivity index (χ4v) is 4.39. The molecular formula is C18H29ClNOSi. The van der Waals surface area contributed by atoms with Gasteiger partial charge in [0.2, 0.25) is 9.04 Å². The van der Waals surface area contributed by atoms with E-state index in [2.05, 4.69) is 58.0 Å². The van der Waals surface area contributed by atoms with Crippen LogP contribution in [0, 0.1) is 5.41 Å². The van der Waals surface area contributed by atoms with Gasteiger partial charge in [-0.3, -0.25) is 0 Å². The van der Waals surface area contributed by atoms with Crippen LogP contribution in [0.2, 0.25) is 18.1 Å². The summed E-state index contributed by atoms with van der Waals surface area (Å²) in [5.41, 5.74) is 2.75. The topological polar surface area (TPSA) is 12.5 Å². The molecule has 1 aromatic carbocycles. The van der Waals surface area contributed by atoms with Crippen LogP contribution in [0.4, 0.5) is 0 Å². The van der Waals surface area contributed by atoms with E-state index in [1.165, 1.54) is 24.0 Å². The number of hydrogen-bond donors (Lipinski definition) is 0. The Hall–Kier alpha value is -0.353. The smallest absolute Gasteiger partial charge is 0.235 e. The standard InChI is InChI=1S/C18H29ClNOSi/c1-7-8-12-15-16-13(10-9-11-14(16)19)17(18(2,3)4)20(15)21-22(5)6/h9-11,15,17H,7-8,12H2,1-6H3. The number of halogens is 1. The lowest BCUT2D eigenvalue weighted by atomic mass is 9.83. The molecule has 0 N–H and O–H groups in total. The average molecular weight is 339 g/mol. The maximum atomic E-state index is 6.59. The Balaban J connectivity index is 2.50. The van der Waals surface area contributed by atoms with Gasteiger partial charge in [-0.25, -0.2) is 0 Å². The average Bonchev–Trinajstić information content (AvgIpc) is 2.70. The molecule has 1 aliphatic heterocycles. The van der Waals surface area contributed by atoms with E-state index in [4.69, 9.17) is 16.1 Å². The Bertz CT molecular complexity index is 512. The summed E-state index contributed by atoms with van der Waals surface area (Å²) in [5.74, 6) is 0. The Morgan fingerprint density at radius 2 is 1.95 bits per heavy atom. The Morgan fingerprint density at radius 3 is 2.50 bits per heavy atom. The third-order valence-electron chi connectivity index (χ3n) is 4.22. The van der Waals surface area contributed by atoms with E-state index in [1.807, 2.05) is 6.07 Å². The molecule has 1 radical (unpaired) electrons. The normalized spacial score (nSPS) is 22.4. The number of benzene rings is 1. The summed E-state index contributed by atoms with van der Waals surface area (Å²) in [4.78, 5) is 0. The van der Waals surface area contributed by atoms with Gasteiger partial charge in [0.05, 0.1) is 12.1 Å². The van der Waals surface area contributed by atoms with Crippen molar-refractivity contribution in [2.75, 3.05) is 0 Å². The summed E-state index contributed by atoms with van der Waals surface area (Å²) in [7, 11) is -0.813. The van der Waals surface area contributed by atoms with E-state index >= 15 is 0 Å². The van der Waals surface area contributed by atoms with Gasteiger partial charge in [0.15, 0.2) is 0 Å². The lowest BCUT2D eigenvalue weighted by Crippen LogP contribution is -2.37. The minimum Gasteiger partial charge on any atom is -0.342 e. The lowest BCUT2D eigenvalue weighted by Gasteiger charge is -2.38. The summed E-state index contributed by atoms with van der Waals surface area (Å²) in [6, 6.07) is 6.88. The molecule has 0 saturated carbocycles. The molecule has 0 bridgehead atoms. The van der Waals surface area contributed by atoms with Crippen molar-refractivity contribution in [3.05, 3.63) is 34.3 Å². The summed E-state index contributed by atoms with van der Waals surface area (Å²) in [5, 5.41) is 3.17. The molecule has 1 aliphatic rings. The second-order valence-electron chi connectivity index (χ2n) is 7.53. The molecule has 0 aromatic heterocycles. The second-order valence-corrected chi connectivity index (χ2v) is 9.94. The minimum absolute atomic E-state index is 0.109. The first kappa shape index (κ1) is 18.0. The van der Waals surface area contributed by atoms with Crippen molar-refractivity contribution in [1.82, 2.24) is 5.06 Å². The molecule has 2 nitrogen and oxygen atoms in total. The van der Waals surface area contributed by atoms with E-state index in [0.29, 0.717) is 0 Å². The first-order valence-corrected chi connectivity index (χ1v) is 11.1. The predicted molar refractivity (Wildman–Crippen MR) is 96.3 cm³/mol. The Morgan fingerprint density at radius 1 is 1.27 bits per heavy atom. The van der Waals surface area contributed by atoms with Crippen LogP contribution in [-0.2, 0) is 4.53 Å². The van der Waals surface area contributed by atoms with Crippen LogP contribution in [0.5, 0.6) is 0 Å². The fourth-order valence-electron chi connectivity index (χ4n) is 3.43. The molecule has 123 valence electrons. The molecule has 4 heteroatoms. The third kappa shape index (κ3) is 3.59. The highest BCUT2D eigenvalue weighted by Crippen LogP contribution is 2.53. The quantitative estimate of drug-likeness (QED) is 0.596. The number of rotatable bonds is 5. The SMILES string of the molecule is CCCCC1c2c(Cl)cccc2C(C(C)(C)C)N1O[Si](C)C. The van der Waals surface area contributed by atoms with Gasteiger partial charge < -0.3 is 4.53 Å². The molecule has 0 aliphatic carbocycles. The molecule has 22 heavy (non-hydrogen) atoms.